The van der Waals surface area contributed by atoms with E-state index in [9.17, 15) is 9.59 Å². The third-order valence-electron chi connectivity index (χ3n) is 4.01. The molecule has 2 amide bonds. The summed E-state index contributed by atoms with van der Waals surface area (Å²) in [5.41, 5.74) is 1.35. The number of hydrogen-bond donors (Lipinski definition) is 1. The number of nitrogens with one attached hydrogen (secondary N) is 1. The van der Waals surface area contributed by atoms with Crippen LogP contribution in [0.1, 0.15) is 31.6 Å². The minimum absolute atomic E-state index is 0.0118. The highest BCUT2D eigenvalue weighted by Gasteiger charge is 2.32. The summed E-state index contributed by atoms with van der Waals surface area (Å²) >= 11 is 1.22. The Kier molecular flexibility index (Phi) is 3.76. The zero-order chi connectivity index (χ0) is 16.7. The molecule has 2 heterocycles. The van der Waals surface area contributed by atoms with E-state index in [1.54, 1.807) is 13.0 Å². The van der Waals surface area contributed by atoms with E-state index in [1.807, 2.05) is 18.2 Å². The summed E-state index contributed by atoms with van der Waals surface area (Å²) in [6.07, 6.45) is 2.17. The quantitative estimate of drug-likeness (QED) is 0.857. The number of amides is 2. The van der Waals surface area contributed by atoms with Gasteiger partial charge in [0.05, 0.1) is 16.6 Å². The van der Waals surface area contributed by atoms with E-state index in [0.717, 1.165) is 12.8 Å². The van der Waals surface area contributed by atoms with Crippen molar-refractivity contribution in [3.8, 4) is 0 Å². The van der Waals surface area contributed by atoms with E-state index in [0.29, 0.717) is 28.4 Å². The standard InChI is InChI=1S/C16H16N4O3S/c1-9(24-16-19-18-14(23-16)10-6-7-10)15(22)20-8-13(21)17-11-4-2-3-5-12(11)20/h2-5,9-10H,6-8H2,1H3,(H,17,21). The molecule has 4 rings (SSSR count). The predicted molar refractivity (Wildman–Crippen MR) is 89.0 cm³/mol. The largest absolute Gasteiger partial charge is 0.416 e. The molecule has 24 heavy (non-hydrogen) atoms. The van der Waals surface area contributed by atoms with Crippen LogP contribution in [0.5, 0.6) is 0 Å². The molecule has 7 nitrogen and oxygen atoms in total. The van der Waals surface area contributed by atoms with Crippen LogP contribution in [-0.2, 0) is 9.59 Å². The second-order valence-electron chi connectivity index (χ2n) is 5.93. The number of carbonyl (C=O) groups is 2. The van der Waals surface area contributed by atoms with Crippen molar-refractivity contribution in [2.75, 3.05) is 16.8 Å². The number of anilines is 2. The molecule has 0 saturated heterocycles. The van der Waals surface area contributed by atoms with Crippen LogP contribution in [0.3, 0.4) is 0 Å². The molecule has 1 aliphatic heterocycles. The van der Waals surface area contributed by atoms with E-state index in [-0.39, 0.29) is 18.4 Å². The first-order valence-electron chi connectivity index (χ1n) is 7.82. The van der Waals surface area contributed by atoms with Crippen molar-refractivity contribution in [1.82, 2.24) is 10.2 Å². The fraction of sp³-hybridized carbons (Fsp3) is 0.375. The lowest BCUT2D eigenvalue weighted by Gasteiger charge is -2.30. The van der Waals surface area contributed by atoms with Crippen LogP contribution in [0.25, 0.3) is 0 Å². The lowest BCUT2D eigenvalue weighted by Crippen LogP contribution is -2.45. The second-order valence-corrected chi connectivity index (χ2v) is 7.22. The van der Waals surface area contributed by atoms with Gasteiger partial charge >= 0.3 is 0 Å². The maximum absolute atomic E-state index is 12.8. The number of rotatable bonds is 4. The van der Waals surface area contributed by atoms with Crippen molar-refractivity contribution < 1.29 is 14.0 Å². The molecule has 1 aliphatic carbocycles. The molecule has 1 unspecified atom stereocenters. The fourth-order valence-electron chi connectivity index (χ4n) is 2.61. The average Bonchev–Trinajstić information content (AvgIpc) is 3.33. The highest BCUT2D eigenvalue weighted by Crippen LogP contribution is 2.40. The van der Waals surface area contributed by atoms with Crippen LogP contribution in [0, 0.1) is 0 Å². The van der Waals surface area contributed by atoms with Gasteiger partial charge in [0.2, 0.25) is 17.7 Å². The summed E-state index contributed by atoms with van der Waals surface area (Å²) < 4.78 is 5.60. The molecule has 0 radical (unpaired) electrons. The summed E-state index contributed by atoms with van der Waals surface area (Å²) in [6.45, 7) is 1.79. The molecule has 1 saturated carbocycles. The number of aromatic nitrogens is 2. The fourth-order valence-corrected chi connectivity index (χ4v) is 3.37. The van der Waals surface area contributed by atoms with Gasteiger partial charge in [-0.25, -0.2) is 0 Å². The van der Waals surface area contributed by atoms with Crippen molar-refractivity contribution in [3.05, 3.63) is 30.2 Å². The van der Waals surface area contributed by atoms with Crippen LogP contribution in [0.15, 0.2) is 33.9 Å². The molecule has 1 atom stereocenters. The lowest BCUT2D eigenvalue weighted by atomic mass is 10.2. The van der Waals surface area contributed by atoms with Crippen molar-refractivity contribution in [2.24, 2.45) is 0 Å². The van der Waals surface area contributed by atoms with E-state index in [1.165, 1.54) is 16.7 Å². The van der Waals surface area contributed by atoms with Crippen LogP contribution in [-0.4, -0.2) is 33.8 Å². The Hall–Kier alpha value is -2.35. The molecule has 1 aromatic carbocycles. The summed E-state index contributed by atoms with van der Waals surface area (Å²) in [4.78, 5) is 26.2. The normalized spacial score (nSPS) is 18.0. The summed E-state index contributed by atoms with van der Waals surface area (Å²) in [6, 6.07) is 7.27. The van der Waals surface area contributed by atoms with Crippen molar-refractivity contribution >= 4 is 35.0 Å². The molecular formula is C16H16N4O3S. The molecule has 1 fully saturated rings. The van der Waals surface area contributed by atoms with Gasteiger partial charge in [0.25, 0.3) is 5.22 Å². The van der Waals surface area contributed by atoms with Gasteiger partial charge in [0.1, 0.15) is 6.54 Å². The molecule has 0 spiro atoms. The molecule has 8 heteroatoms. The first kappa shape index (κ1) is 15.2. The number of thioether (sulfide) groups is 1. The van der Waals surface area contributed by atoms with Crippen molar-refractivity contribution in [3.63, 3.8) is 0 Å². The molecule has 0 bridgehead atoms. The molecule has 2 aromatic rings. The smallest absolute Gasteiger partial charge is 0.277 e. The Morgan fingerprint density at radius 1 is 1.38 bits per heavy atom. The Morgan fingerprint density at radius 2 is 2.17 bits per heavy atom. The molecule has 1 aromatic heterocycles. The third-order valence-corrected chi connectivity index (χ3v) is 4.93. The number of para-hydroxylation sites is 2. The Labute approximate surface area is 142 Å². The predicted octanol–water partition coefficient (Wildman–Crippen LogP) is 2.41. The van der Waals surface area contributed by atoms with Crippen LogP contribution >= 0.6 is 11.8 Å². The third kappa shape index (κ3) is 2.89. The average molecular weight is 344 g/mol. The molecule has 124 valence electrons. The van der Waals surface area contributed by atoms with E-state index in [4.69, 9.17) is 4.42 Å². The zero-order valence-corrected chi connectivity index (χ0v) is 13.9. The van der Waals surface area contributed by atoms with Gasteiger partial charge in [-0.2, -0.15) is 0 Å². The van der Waals surface area contributed by atoms with Gasteiger partial charge in [0.15, 0.2) is 0 Å². The monoisotopic (exact) mass is 344 g/mol. The van der Waals surface area contributed by atoms with Crippen LogP contribution in [0.4, 0.5) is 11.4 Å². The van der Waals surface area contributed by atoms with Gasteiger partial charge in [-0.05, 0) is 31.9 Å². The molecule has 2 aliphatic rings. The zero-order valence-electron chi connectivity index (χ0n) is 13.1. The Bertz CT molecular complexity index is 802. The van der Waals surface area contributed by atoms with E-state index in [2.05, 4.69) is 15.5 Å². The van der Waals surface area contributed by atoms with Crippen molar-refractivity contribution in [2.45, 2.75) is 36.2 Å². The Morgan fingerprint density at radius 3 is 2.96 bits per heavy atom. The summed E-state index contributed by atoms with van der Waals surface area (Å²) in [5, 5.41) is 10.8. The summed E-state index contributed by atoms with van der Waals surface area (Å²) in [7, 11) is 0. The number of nitrogens with zero attached hydrogens (tertiary/aromatic N) is 3. The second kappa shape index (κ2) is 5.94. The maximum atomic E-state index is 12.8. The van der Waals surface area contributed by atoms with E-state index >= 15 is 0 Å². The number of fused-ring (bicyclic) bond motifs is 1. The van der Waals surface area contributed by atoms with Gasteiger partial charge in [-0.3, -0.25) is 14.5 Å². The lowest BCUT2D eigenvalue weighted by molar-refractivity contribution is -0.121. The van der Waals surface area contributed by atoms with Gasteiger partial charge in [-0.1, -0.05) is 23.9 Å². The molecular weight excluding hydrogens is 328 g/mol. The minimum atomic E-state index is -0.434. The number of hydrogen-bond acceptors (Lipinski definition) is 6. The topological polar surface area (TPSA) is 88.3 Å². The van der Waals surface area contributed by atoms with E-state index < -0.39 is 5.25 Å². The van der Waals surface area contributed by atoms with Crippen LogP contribution < -0.4 is 10.2 Å². The number of carbonyl (C=O) groups excluding carboxylic acids is 2. The number of benzene rings is 1. The van der Waals surface area contributed by atoms with Gasteiger partial charge in [-0.15, -0.1) is 10.2 Å². The maximum Gasteiger partial charge on any atom is 0.277 e. The Balaban J connectivity index is 1.50. The van der Waals surface area contributed by atoms with Gasteiger partial charge < -0.3 is 9.73 Å². The highest BCUT2D eigenvalue weighted by atomic mass is 32.2. The minimum Gasteiger partial charge on any atom is -0.416 e. The van der Waals surface area contributed by atoms with Gasteiger partial charge in [0, 0.05) is 5.92 Å². The first-order valence-corrected chi connectivity index (χ1v) is 8.70. The first-order chi connectivity index (χ1) is 11.6. The highest BCUT2D eigenvalue weighted by molar-refractivity contribution is 8.00. The van der Waals surface area contributed by atoms with Crippen LogP contribution in [0.2, 0.25) is 0 Å². The SMILES string of the molecule is CC(Sc1nnc(C2CC2)o1)C(=O)N1CC(=O)Nc2ccccc21. The molecule has 1 N–H and O–H groups in total. The van der Waals surface area contributed by atoms with Crippen molar-refractivity contribution in [1.29, 1.82) is 0 Å². The summed E-state index contributed by atoms with van der Waals surface area (Å²) in [5.74, 6) is 0.678.